The maximum absolute atomic E-state index is 12.4. The van der Waals surface area contributed by atoms with Gasteiger partial charge in [-0.1, -0.05) is 31.6 Å². The summed E-state index contributed by atoms with van der Waals surface area (Å²) in [5.41, 5.74) is -0.252. The first kappa shape index (κ1) is 17.8. The van der Waals surface area contributed by atoms with E-state index in [1.165, 1.54) is 11.3 Å². The number of anilines is 1. The number of carbonyl (C=O) groups is 2. The Kier molecular flexibility index (Phi) is 5.39. The topological polar surface area (TPSA) is 75.2 Å². The maximum Gasteiger partial charge on any atom is 0.231 e. The van der Waals surface area contributed by atoms with Crippen molar-refractivity contribution >= 4 is 28.3 Å². The molecular weight excluding hydrogens is 312 g/mol. The predicted octanol–water partition coefficient (Wildman–Crippen LogP) is 3.03. The molecule has 7 heteroatoms. The Balaban J connectivity index is 1.97. The Morgan fingerprint density at radius 3 is 2.70 bits per heavy atom. The Bertz CT molecular complexity index is 579. The first-order valence-electron chi connectivity index (χ1n) is 8.17. The van der Waals surface area contributed by atoms with Gasteiger partial charge in [-0.05, 0) is 27.2 Å². The highest BCUT2D eigenvalue weighted by Gasteiger charge is 2.39. The molecule has 0 unspecified atom stereocenters. The third-order valence-electron chi connectivity index (χ3n) is 4.12. The molecule has 128 valence electrons. The number of carbonyl (C=O) groups excluding carboxylic acids is 2. The average Bonchev–Trinajstić information content (AvgIpc) is 3.05. The van der Waals surface area contributed by atoms with Crippen LogP contribution >= 0.6 is 11.3 Å². The highest BCUT2D eigenvalue weighted by molar-refractivity contribution is 7.15. The summed E-state index contributed by atoms with van der Waals surface area (Å²) in [7, 11) is 0. The van der Waals surface area contributed by atoms with Crippen molar-refractivity contribution in [2.24, 2.45) is 5.92 Å². The summed E-state index contributed by atoms with van der Waals surface area (Å²) in [5, 5.41) is 12.5. The normalized spacial score (nSPS) is 20.0. The number of hydrogen-bond donors (Lipinski definition) is 1. The van der Waals surface area contributed by atoms with Crippen molar-refractivity contribution in [3.8, 4) is 0 Å². The minimum absolute atomic E-state index is 0.0344. The van der Waals surface area contributed by atoms with E-state index in [1.54, 1.807) is 4.90 Å². The van der Waals surface area contributed by atoms with Gasteiger partial charge in [0.1, 0.15) is 5.01 Å². The lowest BCUT2D eigenvalue weighted by Gasteiger charge is -2.31. The highest BCUT2D eigenvalue weighted by Crippen LogP contribution is 2.29. The average molecular weight is 338 g/mol. The quantitative estimate of drug-likeness (QED) is 0.895. The molecule has 0 aromatic carbocycles. The molecule has 1 aliphatic heterocycles. The molecule has 1 aromatic rings. The van der Waals surface area contributed by atoms with E-state index in [1.807, 2.05) is 20.8 Å². The molecule has 0 spiro atoms. The molecule has 1 fully saturated rings. The number of amides is 2. The molecule has 2 heterocycles. The number of nitrogens with zero attached hydrogens (tertiary/aromatic N) is 3. The summed E-state index contributed by atoms with van der Waals surface area (Å²) >= 11 is 1.42. The van der Waals surface area contributed by atoms with Crippen molar-refractivity contribution in [3.63, 3.8) is 0 Å². The SMILES string of the molecule is CCC[C@H](C)c1nnc(NC(=O)[C@H]2CC(=O)N(C(C)(C)C)C2)s1. The van der Waals surface area contributed by atoms with Crippen LogP contribution in [0.25, 0.3) is 0 Å². The predicted molar refractivity (Wildman–Crippen MR) is 91.4 cm³/mol. The summed E-state index contributed by atoms with van der Waals surface area (Å²) in [4.78, 5) is 26.2. The standard InChI is InChI=1S/C16H26N4O2S/c1-6-7-10(2)14-18-19-15(23-14)17-13(22)11-8-12(21)20(9-11)16(3,4)5/h10-11H,6-9H2,1-5H3,(H,17,19,22)/t10-,11-/m0/s1. The van der Waals surface area contributed by atoms with Crippen LogP contribution in [-0.4, -0.2) is 39.0 Å². The summed E-state index contributed by atoms with van der Waals surface area (Å²) in [6.45, 7) is 10.7. The van der Waals surface area contributed by atoms with Gasteiger partial charge in [-0.2, -0.15) is 0 Å². The highest BCUT2D eigenvalue weighted by atomic mass is 32.1. The molecule has 6 nitrogen and oxygen atoms in total. The second-order valence-electron chi connectivity index (χ2n) is 7.20. The van der Waals surface area contributed by atoms with Crippen molar-refractivity contribution in [3.05, 3.63) is 5.01 Å². The molecule has 23 heavy (non-hydrogen) atoms. The van der Waals surface area contributed by atoms with Gasteiger partial charge in [0, 0.05) is 24.4 Å². The van der Waals surface area contributed by atoms with Gasteiger partial charge in [0.25, 0.3) is 0 Å². The Morgan fingerprint density at radius 2 is 2.13 bits per heavy atom. The van der Waals surface area contributed by atoms with E-state index < -0.39 is 0 Å². The van der Waals surface area contributed by atoms with Gasteiger partial charge in [0.2, 0.25) is 16.9 Å². The second-order valence-corrected chi connectivity index (χ2v) is 8.21. The Hall–Kier alpha value is -1.50. The van der Waals surface area contributed by atoms with Crippen molar-refractivity contribution < 1.29 is 9.59 Å². The van der Waals surface area contributed by atoms with Crippen molar-refractivity contribution in [1.29, 1.82) is 0 Å². The van der Waals surface area contributed by atoms with E-state index >= 15 is 0 Å². The summed E-state index contributed by atoms with van der Waals surface area (Å²) < 4.78 is 0. The number of aromatic nitrogens is 2. The number of likely N-dealkylation sites (tertiary alicyclic amines) is 1. The van der Waals surface area contributed by atoms with Crippen molar-refractivity contribution in [2.45, 2.75) is 65.3 Å². The smallest absolute Gasteiger partial charge is 0.231 e. The molecule has 2 amide bonds. The van der Waals surface area contributed by atoms with Gasteiger partial charge in [0.05, 0.1) is 5.92 Å². The van der Waals surface area contributed by atoms with Crippen molar-refractivity contribution in [1.82, 2.24) is 15.1 Å². The van der Waals surface area contributed by atoms with Crippen LogP contribution in [0.2, 0.25) is 0 Å². The summed E-state index contributed by atoms with van der Waals surface area (Å²) in [5.74, 6) is -0.0714. The molecule has 0 saturated carbocycles. The summed E-state index contributed by atoms with van der Waals surface area (Å²) in [6, 6.07) is 0. The molecule has 1 N–H and O–H groups in total. The Morgan fingerprint density at radius 1 is 1.43 bits per heavy atom. The van der Waals surface area contributed by atoms with Gasteiger partial charge in [-0.15, -0.1) is 10.2 Å². The third-order valence-corrected chi connectivity index (χ3v) is 5.19. The molecule has 1 aliphatic rings. The van der Waals surface area contributed by atoms with Crippen LogP contribution in [0.3, 0.4) is 0 Å². The fraction of sp³-hybridized carbons (Fsp3) is 0.750. The molecular formula is C16H26N4O2S. The van der Waals surface area contributed by atoms with Gasteiger partial charge in [-0.3, -0.25) is 9.59 Å². The van der Waals surface area contributed by atoms with E-state index in [0.29, 0.717) is 17.6 Å². The number of nitrogens with one attached hydrogen (secondary N) is 1. The minimum Gasteiger partial charge on any atom is -0.337 e. The zero-order valence-electron chi connectivity index (χ0n) is 14.5. The van der Waals surface area contributed by atoms with Crippen LogP contribution in [0.4, 0.5) is 5.13 Å². The van der Waals surface area contributed by atoms with Crippen LogP contribution in [0, 0.1) is 5.92 Å². The zero-order valence-corrected chi connectivity index (χ0v) is 15.4. The summed E-state index contributed by atoms with van der Waals surface area (Å²) in [6.07, 6.45) is 2.41. The molecule has 0 aliphatic carbocycles. The van der Waals surface area contributed by atoms with Gasteiger partial charge < -0.3 is 10.2 Å². The van der Waals surface area contributed by atoms with Crippen LogP contribution in [-0.2, 0) is 9.59 Å². The fourth-order valence-corrected chi connectivity index (χ4v) is 3.61. The lowest BCUT2D eigenvalue weighted by molar-refractivity contribution is -0.131. The van der Waals surface area contributed by atoms with Crippen LogP contribution < -0.4 is 5.32 Å². The van der Waals surface area contributed by atoms with E-state index in [-0.39, 0.29) is 29.7 Å². The minimum atomic E-state index is -0.317. The zero-order chi connectivity index (χ0) is 17.2. The van der Waals surface area contributed by atoms with E-state index in [2.05, 4.69) is 29.4 Å². The largest absolute Gasteiger partial charge is 0.337 e. The fourth-order valence-electron chi connectivity index (χ4n) is 2.78. The van der Waals surface area contributed by atoms with E-state index in [4.69, 9.17) is 0 Å². The lowest BCUT2D eigenvalue weighted by Crippen LogP contribution is -2.42. The monoisotopic (exact) mass is 338 g/mol. The lowest BCUT2D eigenvalue weighted by atomic mass is 10.1. The van der Waals surface area contributed by atoms with Gasteiger partial charge in [-0.25, -0.2) is 0 Å². The molecule has 1 saturated heterocycles. The maximum atomic E-state index is 12.4. The molecule has 2 rings (SSSR count). The van der Waals surface area contributed by atoms with Gasteiger partial charge >= 0.3 is 0 Å². The van der Waals surface area contributed by atoms with E-state index in [9.17, 15) is 9.59 Å². The Labute approximate surface area is 141 Å². The van der Waals surface area contributed by atoms with Crippen LogP contribution in [0.5, 0.6) is 0 Å². The molecule has 2 atom stereocenters. The number of hydrogen-bond acceptors (Lipinski definition) is 5. The van der Waals surface area contributed by atoms with Gasteiger partial charge in [0.15, 0.2) is 0 Å². The van der Waals surface area contributed by atoms with Crippen molar-refractivity contribution in [2.75, 3.05) is 11.9 Å². The van der Waals surface area contributed by atoms with Crippen LogP contribution in [0.15, 0.2) is 0 Å². The molecule has 0 radical (unpaired) electrons. The number of rotatable bonds is 5. The first-order valence-corrected chi connectivity index (χ1v) is 8.98. The third kappa shape index (κ3) is 4.28. The molecule has 1 aromatic heterocycles. The molecule has 0 bridgehead atoms. The second kappa shape index (κ2) is 6.95. The van der Waals surface area contributed by atoms with E-state index in [0.717, 1.165) is 17.8 Å². The van der Waals surface area contributed by atoms with Crippen LogP contribution in [0.1, 0.15) is 64.8 Å². The first-order chi connectivity index (χ1) is 10.7.